The van der Waals surface area contributed by atoms with Crippen molar-refractivity contribution in [1.29, 1.82) is 0 Å². The van der Waals surface area contributed by atoms with Crippen LogP contribution >= 0.6 is 0 Å². The molecule has 3 aromatic heterocycles. The lowest BCUT2D eigenvalue weighted by molar-refractivity contribution is 0.0833. The topological polar surface area (TPSA) is 82.2 Å². The molecule has 1 amide bonds. The molecule has 1 aliphatic heterocycles. The van der Waals surface area contributed by atoms with Crippen LogP contribution in [0.15, 0.2) is 29.1 Å². The molecule has 1 saturated heterocycles. The van der Waals surface area contributed by atoms with Gasteiger partial charge in [-0.05, 0) is 43.4 Å². The van der Waals surface area contributed by atoms with Gasteiger partial charge in [0, 0.05) is 43.1 Å². The second-order valence-electron chi connectivity index (χ2n) is 7.91. The average molecular weight is 410 g/mol. The number of nitrogens with one attached hydrogen (secondary N) is 1. The summed E-state index contributed by atoms with van der Waals surface area (Å²) in [6, 6.07) is 1.46. The zero-order valence-electron chi connectivity index (χ0n) is 16.8. The fourth-order valence-electron chi connectivity index (χ4n) is 4.28. The Balaban J connectivity index is 1.38. The van der Waals surface area contributed by atoms with Gasteiger partial charge in [0.2, 0.25) is 0 Å². The monoisotopic (exact) mass is 410 g/mol. The fourth-order valence-corrected chi connectivity index (χ4v) is 4.28. The normalized spacial score (nSPS) is 17.6. The lowest BCUT2D eigenvalue weighted by Crippen LogP contribution is -2.31. The van der Waals surface area contributed by atoms with Crippen molar-refractivity contribution in [3.05, 3.63) is 58.7 Å². The summed E-state index contributed by atoms with van der Waals surface area (Å²) >= 11 is 0. The van der Waals surface area contributed by atoms with Crippen LogP contribution < -0.4 is 5.32 Å². The summed E-state index contributed by atoms with van der Waals surface area (Å²) < 4.78 is 26.8. The number of fused-ring (bicyclic) bond motifs is 3. The number of halogens is 1. The van der Waals surface area contributed by atoms with Crippen LogP contribution in [0.4, 0.5) is 4.39 Å². The van der Waals surface area contributed by atoms with E-state index < -0.39 is 0 Å². The van der Waals surface area contributed by atoms with Crippen LogP contribution in [0.2, 0.25) is 0 Å². The van der Waals surface area contributed by atoms with Crippen LogP contribution in [0.1, 0.15) is 45.8 Å². The lowest BCUT2D eigenvalue weighted by atomic mass is 9.93. The Labute approximate surface area is 173 Å². The Morgan fingerprint density at radius 2 is 2.27 bits per heavy atom. The molecule has 0 bridgehead atoms. The van der Waals surface area contributed by atoms with Crippen LogP contribution in [-0.4, -0.2) is 39.9 Å². The Hall–Kier alpha value is -3.00. The van der Waals surface area contributed by atoms with E-state index in [2.05, 4.69) is 10.3 Å². The number of carbonyl (C=O) groups is 1. The van der Waals surface area contributed by atoms with E-state index in [1.165, 1.54) is 12.3 Å². The van der Waals surface area contributed by atoms with E-state index in [1.54, 1.807) is 10.9 Å². The lowest BCUT2D eigenvalue weighted by Gasteiger charge is -2.10. The van der Waals surface area contributed by atoms with Crippen molar-refractivity contribution in [2.75, 3.05) is 13.2 Å². The zero-order chi connectivity index (χ0) is 20.7. The molecule has 1 N–H and O–H groups in total. The third-order valence-electron chi connectivity index (χ3n) is 5.74. The molecule has 30 heavy (non-hydrogen) atoms. The van der Waals surface area contributed by atoms with E-state index in [1.807, 2.05) is 13.1 Å². The first kappa shape index (κ1) is 19.0. The molecule has 1 fully saturated rings. The largest absolute Gasteiger partial charge is 0.455 e. The average Bonchev–Trinajstić information content (AvgIpc) is 3.44. The number of pyridine rings is 1. The Kier molecular flexibility index (Phi) is 4.86. The maximum absolute atomic E-state index is 13.4. The second-order valence-corrected chi connectivity index (χ2v) is 7.91. The molecule has 0 radical (unpaired) electrons. The highest BCUT2D eigenvalue weighted by Crippen LogP contribution is 2.38. The molecule has 3 aromatic rings. The molecule has 4 heterocycles. The standard InChI is InChI=1S/C22H23FN4O3/c1-13-19-18(30-21(13)22(28)25-10-17-3-2-6-29-17)5-4-15-12-27(26-20(15)19)11-14-7-16(23)9-24-8-14/h7-9,12,17H,2-6,10-11H2,1H3,(H,25,28)/t17-/m0/s1. The predicted molar refractivity (Wildman–Crippen MR) is 107 cm³/mol. The Morgan fingerprint density at radius 3 is 3.07 bits per heavy atom. The van der Waals surface area contributed by atoms with Gasteiger partial charge < -0.3 is 14.5 Å². The molecule has 0 unspecified atom stereocenters. The summed E-state index contributed by atoms with van der Waals surface area (Å²) in [5.41, 5.74) is 4.37. The van der Waals surface area contributed by atoms with E-state index in [9.17, 15) is 9.18 Å². The van der Waals surface area contributed by atoms with Crippen molar-refractivity contribution in [3.8, 4) is 11.3 Å². The number of hydrogen-bond acceptors (Lipinski definition) is 5. The minimum absolute atomic E-state index is 0.0819. The van der Waals surface area contributed by atoms with Gasteiger partial charge in [-0.2, -0.15) is 5.10 Å². The summed E-state index contributed by atoms with van der Waals surface area (Å²) in [6.07, 6.45) is 8.38. The van der Waals surface area contributed by atoms with Crippen LogP contribution in [0.25, 0.3) is 11.3 Å². The van der Waals surface area contributed by atoms with Gasteiger partial charge in [-0.3, -0.25) is 14.5 Å². The summed E-state index contributed by atoms with van der Waals surface area (Å²) in [5.74, 6) is 0.551. The third-order valence-corrected chi connectivity index (χ3v) is 5.74. The van der Waals surface area contributed by atoms with Crippen LogP contribution in [0.5, 0.6) is 0 Å². The summed E-state index contributed by atoms with van der Waals surface area (Å²) in [5, 5.41) is 7.65. The van der Waals surface area contributed by atoms with E-state index in [0.717, 1.165) is 66.0 Å². The van der Waals surface area contributed by atoms with Crippen molar-refractivity contribution in [2.24, 2.45) is 0 Å². The predicted octanol–water partition coefficient (Wildman–Crippen LogP) is 3.04. The SMILES string of the molecule is Cc1c(C(=O)NC[C@@H]2CCCO2)oc2c1-c1nn(Cc3cncc(F)c3)cc1CC2. The highest BCUT2D eigenvalue weighted by molar-refractivity contribution is 5.95. The minimum Gasteiger partial charge on any atom is -0.455 e. The molecule has 1 atom stereocenters. The highest BCUT2D eigenvalue weighted by Gasteiger charge is 2.30. The van der Waals surface area contributed by atoms with Gasteiger partial charge in [0.25, 0.3) is 5.91 Å². The fraction of sp³-hybridized carbons (Fsp3) is 0.409. The van der Waals surface area contributed by atoms with Crippen molar-refractivity contribution in [3.63, 3.8) is 0 Å². The van der Waals surface area contributed by atoms with Gasteiger partial charge in [0.15, 0.2) is 5.76 Å². The number of ether oxygens (including phenoxy) is 1. The van der Waals surface area contributed by atoms with Crippen LogP contribution in [0.3, 0.4) is 0 Å². The van der Waals surface area contributed by atoms with Gasteiger partial charge in [-0.15, -0.1) is 0 Å². The molecule has 156 valence electrons. The number of nitrogens with zero attached hydrogens (tertiary/aromatic N) is 3. The molecule has 0 aromatic carbocycles. The van der Waals surface area contributed by atoms with Crippen molar-refractivity contribution in [1.82, 2.24) is 20.1 Å². The number of furan rings is 1. The van der Waals surface area contributed by atoms with Crippen LogP contribution in [0, 0.1) is 12.7 Å². The molecule has 1 aliphatic carbocycles. The van der Waals surface area contributed by atoms with Gasteiger partial charge >= 0.3 is 0 Å². The Morgan fingerprint density at radius 1 is 1.37 bits per heavy atom. The number of amides is 1. The molecule has 0 spiro atoms. The van der Waals surface area contributed by atoms with E-state index in [0.29, 0.717) is 18.8 Å². The Bertz CT molecular complexity index is 1100. The van der Waals surface area contributed by atoms with E-state index >= 15 is 0 Å². The van der Waals surface area contributed by atoms with E-state index in [4.69, 9.17) is 14.3 Å². The van der Waals surface area contributed by atoms with Gasteiger partial charge in [0.1, 0.15) is 11.6 Å². The minimum atomic E-state index is -0.365. The smallest absolute Gasteiger partial charge is 0.287 e. The maximum Gasteiger partial charge on any atom is 0.287 e. The van der Waals surface area contributed by atoms with Crippen LogP contribution in [-0.2, 0) is 24.1 Å². The van der Waals surface area contributed by atoms with Gasteiger partial charge in [-0.25, -0.2) is 4.39 Å². The molecule has 8 heteroatoms. The van der Waals surface area contributed by atoms with E-state index in [-0.39, 0.29) is 17.8 Å². The summed E-state index contributed by atoms with van der Waals surface area (Å²) in [6.45, 7) is 3.57. The number of rotatable bonds is 5. The molecule has 2 aliphatic rings. The third kappa shape index (κ3) is 3.52. The second kappa shape index (κ2) is 7.68. The van der Waals surface area contributed by atoms with Gasteiger partial charge in [-0.1, -0.05) is 0 Å². The number of carbonyl (C=O) groups excluding carboxylic acids is 1. The molecular weight excluding hydrogens is 387 g/mol. The summed E-state index contributed by atoms with van der Waals surface area (Å²) in [4.78, 5) is 16.6. The number of hydrogen-bond donors (Lipinski definition) is 1. The molecule has 7 nitrogen and oxygen atoms in total. The first-order chi connectivity index (χ1) is 14.6. The quantitative estimate of drug-likeness (QED) is 0.699. The first-order valence-corrected chi connectivity index (χ1v) is 10.3. The van der Waals surface area contributed by atoms with Crippen molar-refractivity contribution >= 4 is 5.91 Å². The molecular formula is C22H23FN4O3. The van der Waals surface area contributed by atoms with Crippen molar-refractivity contribution in [2.45, 2.75) is 45.3 Å². The highest BCUT2D eigenvalue weighted by atomic mass is 19.1. The molecule has 0 saturated carbocycles. The summed E-state index contributed by atoms with van der Waals surface area (Å²) in [7, 11) is 0. The number of aromatic nitrogens is 3. The maximum atomic E-state index is 13.4. The first-order valence-electron chi connectivity index (χ1n) is 10.3. The zero-order valence-corrected chi connectivity index (χ0v) is 16.8. The number of aryl methyl sites for hydroxylation is 2. The van der Waals surface area contributed by atoms with Crippen molar-refractivity contribution < 1.29 is 18.3 Å². The molecule has 5 rings (SSSR count). The van der Waals surface area contributed by atoms with Gasteiger partial charge in [0.05, 0.1) is 24.5 Å².